The Labute approximate surface area is 114 Å². The van der Waals surface area contributed by atoms with Crippen molar-refractivity contribution in [3.05, 3.63) is 0 Å². The van der Waals surface area contributed by atoms with Crippen molar-refractivity contribution in [2.45, 2.75) is 71.9 Å². The van der Waals surface area contributed by atoms with Crippen molar-refractivity contribution < 1.29 is 5.11 Å². The van der Waals surface area contributed by atoms with Gasteiger partial charge >= 0.3 is 0 Å². The van der Waals surface area contributed by atoms with Crippen LogP contribution in [0.5, 0.6) is 0 Å². The van der Waals surface area contributed by atoms with Crippen LogP contribution in [0.4, 0.5) is 0 Å². The Kier molecular flexibility index (Phi) is 9.70. The zero-order valence-corrected chi connectivity index (χ0v) is 13.1. The zero-order valence-electron chi connectivity index (χ0n) is 13.1. The van der Waals surface area contributed by atoms with Gasteiger partial charge in [0.2, 0.25) is 0 Å². The SMILES string of the molecule is CCCN(CC)CCCC(CC)(CO)NC(C)C. The summed E-state index contributed by atoms with van der Waals surface area (Å²) >= 11 is 0. The molecule has 0 heterocycles. The van der Waals surface area contributed by atoms with Crippen molar-refractivity contribution >= 4 is 0 Å². The average Bonchev–Trinajstić information content (AvgIpc) is 2.35. The Morgan fingerprint density at radius 3 is 2.22 bits per heavy atom. The molecule has 0 saturated carbocycles. The van der Waals surface area contributed by atoms with Gasteiger partial charge in [0, 0.05) is 11.6 Å². The van der Waals surface area contributed by atoms with Gasteiger partial charge in [0.05, 0.1) is 6.61 Å². The Morgan fingerprint density at radius 2 is 1.83 bits per heavy atom. The number of aliphatic hydroxyl groups excluding tert-OH is 1. The fourth-order valence-corrected chi connectivity index (χ4v) is 2.59. The van der Waals surface area contributed by atoms with Gasteiger partial charge in [0.1, 0.15) is 0 Å². The van der Waals surface area contributed by atoms with Gasteiger partial charge < -0.3 is 15.3 Å². The highest BCUT2D eigenvalue weighted by molar-refractivity contribution is 4.87. The average molecular weight is 258 g/mol. The first-order valence-electron chi connectivity index (χ1n) is 7.64. The summed E-state index contributed by atoms with van der Waals surface area (Å²) in [7, 11) is 0. The van der Waals surface area contributed by atoms with E-state index in [2.05, 4.69) is 44.8 Å². The van der Waals surface area contributed by atoms with Gasteiger partial charge in [0.25, 0.3) is 0 Å². The second-order valence-electron chi connectivity index (χ2n) is 5.63. The summed E-state index contributed by atoms with van der Waals surface area (Å²) in [4.78, 5) is 2.49. The summed E-state index contributed by atoms with van der Waals surface area (Å²) < 4.78 is 0. The van der Waals surface area contributed by atoms with Gasteiger partial charge in [0.15, 0.2) is 0 Å². The molecule has 0 rings (SSSR count). The highest BCUT2D eigenvalue weighted by Gasteiger charge is 2.27. The fourth-order valence-electron chi connectivity index (χ4n) is 2.59. The number of rotatable bonds is 11. The fraction of sp³-hybridized carbons (Fsp3) is 1.00. The molecule has 1 atom stereocenters. The minimum absolute atomic E-state index is 0.0835. The lowest BCUT2D eigenvalue weighted by molar-refractivity contribution is 0.130. The minimum atomic E-state index is -0.0835. The van der Waals surface area contributed by atoms with Crippen LogP contribution in [-0.2, 0) is 0 Å². The zero-order chi connectivity index (χ0) is 14.0. The standard InChI is InChI=1S/C15H34N2O/c1-6-11-17(8-3)12-9-10-15(7-2,13-18)16-14(4)5/h14,16,18H,6-13H2,1-5H3. The number of aliphatic hydroxyl groups is 1. The lowest BCUT2D eigenvalue weighted by Gasteiger charge is -2.35. The molecule has 0 bridgehead atoms. The molecule has 0 saturated heterocycles. The summed E-state index contributed by atoms with van der Waals surface area (Å²) in [5.41, 5.74) is -0.0835. The molecule has 0 spiro atoms. The van der Waals surface area contributed by atoms with Gasteiger partial charge in [-0.3, -0.25) is 0 Å². The Morgan fingerprint density at radius 1 is 1.17 bits per heavy atom. The summed E-state index contributed by atoms with van der Waals surface area (Å²) in [6, 6.07) is 0.426. The molecule has 0 aromatic rings. The number of hydrogen-bond acceptors (Lipinski definition) is 3. The molecule has 18 heavy (non-hydrogen) atoms. The van der Waals surface area contributed by atoms with Gasteiger partial charge in [-0.25, -0.2) is 0 Å². The monoisotopic (exact) mass is 258 g/mol. The molecular formula is C15H34N2O. The molecule has 0 amide bonds. The van der Waals surface area contributed by atoms with E-state index in [9.17, 15) is 5.11 Å². The van der Waals surface area contributed by atoms with Crippen LogP contribution in [0.2, 0.25) is 0 Å². The van der Waals surface area contributed by atoms with Crippen LogP contribution in [0.25, 0.3) is 0 Å². The summed E-state index contributed by atoms with van der Waals surface area (Å²) in [6.45, 7) is 14.6. The molecule has 110 valence electrons. The molecular weight excluding hydrogens is 224 g/mol. The summed E-state index contributed by atoms with van der Waals surface area (Å²) in [5.74, 6) is 0. The molecule has 0 aromatic carbocycles. The predicted octanol–water partition coefficient (Wildman–Crippen LogP) is 2.64. The first kappa shape index (κ1) is 17.9. The third-order valence-electron chi connectivity index (χ3n) is 3.69. The smallest absolute Gasteiger partial charge is 0.0613 e. The quantitative estimate of drug-likeness (QED) is 0.598. The van der Waals surface area contributed by atoms with E-state index in [0.29, 0.717) is 6.04 Å². The van der Waals surface area contributed by atoms with Crippen LogP contribution in [0.1, 0.15) is 60.3 Å². The molecule has 0 fully saturated rings. The molecule has 3 heteroatoms. The molecule has 1 unspecified atom stereocenters. The molecule has 2 N–H and O–H groups in total. The van der Waals surface area contributed by atoms with E-state index in [1.165, 1.54) is 13.0 Å². The van der Waals surface area contributed by atoms with Crippen LogP contribution in [0, 0.1) is 0 Å². The second kappa shape index (κ2) is 9.76. The van der Waals surface area contributed by atoms with E-state index >= 15 is 0 Å². The largest absolute Gasteiger partial charge is 0.394 e. The predicted molar refractivity (Wildman–Crippen MR) is 80.0 cm³/mol. The first-order valence-corrected chi connectivity index (χ1v) is 7.64. The summed E-state index contributed by atoms with van der Waals surface area (Å²) in [5, 5.41) is 13.2. The van der Waals surface area contributed by atoms with E-state index in [0.717, 1.165) is 32.4 Å². The van der Waals surface area contributed by atoms with Crippen molar-refractivity contribution in [3.8, 4) is 0 Å². The number of hydrogen-bond donors (Lipinski definition) is 2. The lowest BCUT2D eigenvalue weighted by atomic mass is 9.90. The third kappa shape index (κ3) is 6.72. The first-order chi connectivity index (χ1) is 8.53. The van der Waals surface area contributed by atoms with Gasteiger partial charge in [-0.15, -0.1) is 0 Å². The highest BCUT2D eigenvalue weighted by Crippen LogP contribution is 2.18. The Balaban J connectivity index is 4.17. The normalized spacial score (nSPS) is 15.3. The minimum Gasteiger partial charge on any atom is -0.394 e. The van der Waals surface area contributed by atoms with E-state index in [1.807, 2.05) is 0 Å². The van der Waals surface area contributed by atoms with E-state index in [-0.39, 0.29) is 12.1 Å². The maximum Gasteiger partial charge on any atom is 0.0613 e. The molecule has 0 aliphatic rings. The van der Waals surface area contributed by atoms with Crippen molar-refractivity contribution in [2.24, 2.45) is 0 Å². The lowest BCUT2D eigenvalue weighted by Crippen LogP contribution is -2.51. The molecule has 0 aromatic heterocycles. The molecule has 3 nitrogen and oxygen atoms in total. The maximum atomic E-state index is 9.68. The van der Waals surface area contributed by atoms with Gasteiger partial charge in [-0.05, 0) is 45.3 Å². The molecule has 0 aliphatic carbocycles. The van der Waals surface area contributed by atoms with E-state index < -0.39 is 0 Å². The van der Waals surface area contributed by atoms with E-state index in [1.54, 1.807) is 0 Å². The van der Waals surface area contributed by atoms with Crippen LogP contribution >= 0.6 is 0 Å². The van der Waals surface area contributed by atoms with Gasteiger partial charge in [-0.2, -0.15) is 0 Å². The van der Waals surface area contributed by atoms with E-state index in [4.69, 9.17) is 0 Å². The van der Waals surface area contributed by atoms with Crippen molar-refractivity contribution in [1.82, 2.24) is 10.2 Å². The molecule has 0 aliphatic heterocycles. The van der Waals surface area contributed by atoms with Crippen LogP contribution < -0.4 is 5.32 Å². The Hall–Kier alpha value is -0.120. The van der Waals surface area contributed by atoms with Crippen LogP contribution in [0.3, 0.4) is 0 Å². The van der Waals surface area contributed by atoms with Gasteiger partial charge in [-0.1, -0.05) is 34.6 Å². The highest BCUT2D eigenvalue weighted by atomic mass is 16.3. The Bertz CT molecular complexity index is 191. The van der Waals surface area contributed by atoms with Crippen LogP contribution in [0.15, 0.2) is 0 Å². The second-order valence-corrected chi connectivity index (χ2v) is 5.63. The number of nitrogens with one attached hydrogen (secondary N) is 1. The van der Waals surface area contributed by atoms with Crippen molar-refractivity contribution in [1.29, 1.82) is 0 Å². The third-order valence-corrected chi connectivity index (χ3v) is 3.69. The maximum absolute atomic E-state index is 9.68. The van der Waals surface area contributed by atoms with Crippen molar-refractivity contribution in [3.63, 3.8) is 0 Å². The topological polar surface area (TPSA) is 35.5 Å². The van der Waals surface area contributed by atoms with Crippen LogP contribution in [-0.4, -0.2) is 47.8 Å². The molecule has 0 radical (unpaired) electrons. The number of nitrogens with zero attached hydrogens (tertiary/aromatic N) is 1. The summed E-state index contributed by atoms with van der Waals surface area (Å²) in [6.07, 6.45) is 4.42. The van der Waals surface area contributed by atoms with Crippen molar-refractivity contribution in [2.75, 3.05) is 26.2 Å².